The first kappa shape index (κ1) is 12.0. The predicted molar refractivity (Wildman–Crippen MR) is 69.4 cm³/mol. The molecule has 0 atom stereocenters. The number of hydrogen-bond donors (Lipinski definition) is 0. The number of nitrogens with zero attached hydrogens (tertiary/aromatic N) is 2. The van der Waals surface area contributed by atoms with Gasteiger partial charge in [-0.15, -0.1) is 0 Å². The summed E-state index contributed by atoms with van der Waals surface area (Å²) in [5.41, 5.74) is 1.82. The maximum atomic E-state index is 11.0. The highest BCUT2D eigenvalue weighted by atomic mass is 16.6. The molecule has 0 fully saturated rings. The summed E-state index contributed by atoms with van der Waals surface area (Å²) in [6, 6.07) is 12.9. The molecule has 90 valence electrons. The van der Waals surface area contributed by atoms with Gasteiger partial charge < -0.3 is 0 Å². The lowest BCUT2D eigenvalue weighted by atomic mass is 10.1. The fourth-order valence-corrected chi connectivity index (χ4v) is 1.63. The van der Waals surface area contributed by atoms with Crippen molar-refractivity contribution in [2.24, 2.45) is 0 Å². The summed E-state index contributed by atoms with van der Waals surface area (Å²) in [5.74, 6) is 0. The van der Waals surface area contributed by atoms with E-state index in [0.717, 1.165) is 11.1 Å². The zero-order valence-electron chi connectivity index (χ0n) is 9.69. The van der Waals surface area contributed by atoms with Gasteiger partial charge in [-0.1, -0.05) is 36.4 Å². The standard InChI is InChI=1S/C14H12N2O2/c17-16(18)14(9-12-5-2-1-3-6-12)10-13-7-4-8-15-11-13/h1-8,10-11H,9H2/b14-10-. The first-order valence-corrected chi connectivity index (χ1v) is 5.54. The number of rotatable bonds is 4. The third-order valence-electron chi connectivity index (χ3n) is 2.48. The fraction of sp³-hybridized carbons (Fsp3) is 0.0714. The number of aromatic nitrogens is 1. The molecule has 0 saturated heterocycles. The largest absolute Gasteiger partial charge is 0.264 e. The van der Waals surface area contributed by atoms with Crippen molar-refractivity contribution >= 4 is 6.08 Å². The van der Waals surface area contributed by atoms with Gasteiger partial charge in [0, 0.05) is 18.5 Å². The third-order valence-corrected chi connectivity index (χ3v) is 2.48. The number of pyridine rings is 1. The van der Waals surface area contributed by atoms with E-state index in [1.807, 2.05) is 30.3 Å². The van der Waals surface area contributed by atoms with Crippen LogP contribution in [0.1, 0.15) is 11.1 Å². The van der Waals surface area contributed by atoms with Gasteiger partial charge in [-0.2, -0.15) is 0 Å². The Morgan fingerprint density at radius 2 is 2.00 bits per heavy atom. The summed E-state index contributed by atoms with van der Waals surface area (Å²) < 4.78 is 0. The molecule has 0 bridgehead atoms. The monoisotopic (exact) mass is 240 g/mol. The lowest BCUT2D eigenvalue weighted by molar-refractivity contribution is -0.425. The third kappa shape index (κ3) is 3.25. The maximum Gasteiger partial charge on any atom is 0.251 e. The van der Waals surface area contributed by atoms with Crippen LogP contribution in [0, 0.1) is 10.1 Å². The van der Waals surface area contributed by atoms with E-state index in [0.29, 0.717) is 6.42 Å². The molecule has 0 aliphatic rings. The Morgan fingerprint density at radius 1 is 1.22 bits per heavy atom. The minimum atomic E-state index is -0.347. The molecule has 0 amide bonds. The van der Waals surface area contributed by atoms with Gasteiger partial charge in [0.2, 0.25) is 0 Å². The van der Waals surface area contributed by atoms with Crippen molar-refractivity contribution in [2.45, 2.75) is 6.42 Å². The van der Waals surface area contributed by atoms with E-state index in [1.54, 1.807) is 30.6 Å². The van der Waals surface area contributed by atoms with E-state index in [2.05, 4.69) is 4.98 Å². The Hall–Kier alpha value is -2.49. The molecule has 0 spiro atoms. The predicted octanol–water partition coefficient (Wildman–Crippen LogP) is 2.94. The van der Waals surface area contributed by atoms with Crippen molar-refractivity contribution in [1.29, 1.82) is 0 Å². The zero-order valence-corrected chi connectivity index (χ0v) is 9.69. The summed E-state index contributed by atoms with van der Waals surface area (Å²) in [7, 11) is 0. The molecule has 1 aromatic carbocycles. The highest BCUT2D eigenvalue weighted by Gasteiger charge is 2.11. The van der Waals surface area contributed by atoms with Gasteiger partial charge >= 0.3 is 0 Å². The Morgan fingerprint density at radius 3 is 2.61 bits per heavy atom. The average molecular weight is 240 g/mol. The smallest absolute Gasteiger partial charge is 0.251 e. The molecular formula is C14H12N2O2. The second kappa shape index (κ2) is 5.72. The molecule has 18 heavy (non-hydrogen) atoms. The number of hydrogen-bond acceptors (Lipinski definition) is 3. The first-order chi connectivity index (χ1) is 8.75. The molecule has 0 saturated carbocycles. The Kier molecular flexibility index (Phi) is 3.81. The van der Waals surface area contributed by atoms with Crippen LogP contribution in [0.4, 0.5) is 0 Å². The van der Waals surface area contributed by atoms with Gasteiger partial charge in [0.1, 0.15) is 0 Å². The number of allylic oxidation sites excluding steroid dienone is 1. The lowest BCUT2D eigenvalue weighted by Crippen LogP contribution is -2.02. The highest BCUT2D eigenvalue weighted by Crippen LogP contribution is 2.12. The van der Waals surface area contributed by atoms with Crippen LogP contribution >= 0.6 is 0 Å². The van der Waals surface area contributed by atoms with Crippen molar-refractivity contribution in [3.05, 3.63) is 81.8 Å². The fourth-order valence-electron chi connectivity index (χ4n) is 1.63. The second-order valence-corrected chi connectivity index (χ2v) is 3.84. The van der Waals surface area contributed by atoms with Crippen molar-refractivity contribution in [3.63, 3.8) is 0 Å². The van der Waals surface area contributed by atoms with E-state index in [-0.39, 0.29) is 10.6 Å². The molecular weight excluding hydrogens is 228 g/mol. The minimum Gasteiger partial charge on any atom is -0.264 e. The van der Waals surface area contributed by atoms with Crippen molar-refractivity contribution in [1.82, 2.24) is 4.98 Å². The van der Waals surface area contributed by atoms with Crippen LogP contribution in [0.25, 0.3) is 6.08 Å². The molecule has 0 N–H and O–H groups in total. The SMILES string of the molecule is O=[N+]([O-])/C(=C\c1cccnc1)Cc1ccccc1. The number of nitro groups is 1. The Bertz CT molecular complexity index is 551. The van der Waals surface area contributed by atoms with Gasteiger partial charge in [-0.25, -0.2) is 0 Å². The zero-order chi connectivity index (χ0) is 12.8. The summed E-state index contributed by atoms with van der Waals surface area (Å²) >= 11 is 0. The molecule has 1 heterocycles. The Balaban J connectivity index is 2.25. The van der Waals surface area contributed by atoms with Gasteiger partial charge in [0.15, 0.2) is 0 Å². The van der Waals surface area contributed by atoms with Crippen LogP contribution in [-0.2, 0) is 6.42 Å². The number of benzene rings is 1. The van der Waals surface area contributed by atoms with E-state index in [4.69, 9.17) is 0 Å². The quantitative estimate of drug-likeness (QED) is 0.609. The van der Waals surface area contributed by atoms with Crippen LogP contribution < -0.4 is 0 Å². The summed E-state index contributed by atoms with van der Waals surface area (Å²) in [6.45, 7) is 0. The van der Waals surface area contributed by atoms with Gasteiger partial charge in [-0.3, -0.25) is 15.1 Å². The molecule has 2 rings (SSSR count). The molecule has 1 aromatic heterocycles. The molecule has 4 nitrogen and oxygen atoms in total. The maximum absolute atomic E-state index is 11.0. The van der Waals surface area contributed by atoms with Crippen LogP contribution in [0.3, 0.4) is 0 Å². The molecule has 0 unspecified atom stereocenters. The summed E-state index contributed by atoms with van der Waals surface area (Å²) in [4.78, 5) is 14.6. The van der Waals surface area contributed by atoms with Crippen LogP contribution in [-0.4, -0.2) is 9.91 Å². The van der Waals surface area contributed by atoms with E-state index < -0.39 is 0 Å². The first-order valence-electron chi connectivity index (χ1n) is 5.54. The van der Waals surface area contributed by atoms with Gasteiger partial charge in [0.05, 0.1) is 11.3 Å². The van der Waals surface area contributed by atoms with Crippen molar-refractivity contribution in [2.75, 3.05) is 0 Å². The molecule has 0 aliphatic carbocycles. The van der Waals surface area contributed by atoms with Gasteiger partial charge in [0.25, 0.3) is 5.70 Å². The van der Waals surface area contributed by atoms with Crippen LogP contribution in [0.2, 0.25) is 0 Å². The molecule has 0 aliphatic heterocycles. The Labute approximate surface area is 105 Å². The van der Waals surface area contributed by atoms with E-state index in [9.17, 15) is 10.1 Å². The topological polar surface area (TPSA) is 56.0 Å². The summed E-state index contributed by atoms with van der Waals surface area (Å²) in [5, 5.41) is 11.0. The molecule has 2 aromatic rings. The lowest BCUT2D eigenvalue weighted by Gasteiger charge is -1.99. The van der Waals surface area contributed by atoms with E-state index in [1.165, 1.54) is 0 Å². The van der Waals surface area contributed by atoms with E-state index >= 15 is 0 Å². The summed E-state index contributed by atoms with van der Waals surface area (Å²) in [6.07, 6.45) is 5.11. The van der Waals surface area contributed by atoms with Crippen LogP contribution in [0.5, 0.6) is 0 Å². The molecule has 0 radical (unpaired) electrons. The normalized spacial score (nSPS) is 11.2. The highest BCUT2D eigenvalue weighted by molar-refractivity contribution is 5.50. The second-order valence-electron chi connectivity index (χ2n) is 3.84. The minimum absolute atomic E-state index is 0.161. The average Bonchev–Trinajstić information content (AvgIpc) is 2.40. The van der Waals surface area contributed by atoms with Crippen molar-refractivity contribution < 1.29 is 4.92 Å². The molecule has 4 heteroatoms. The van der Waals surface area contributed by atoms with Gasteiger partial charge in [-0.05, 0) is 17.2 Å². The van der Waals surface area contributed by atoms with Crippen LogP contribution in [0.15, 0.2) is 60.6 Å². The van der Waals surface area contributed by atoms with Crippen molar-refractivity contribution in [3.8, 4) is 0 Å².